The number of nitrogens with one attached hydrogen (secondary N) is 1. The molecule has 1 aliphatic rings. The summed E-state index contributed by atoms with van der Waals surface area (Å²) in [6, 6.07) is 5.78. The third-order valence-electron chi connectivity index (χ3n) is 5.55. The van der Waals surface area contributed by atoms with Gasteiger partial charge in [0.05, 0.1) is 35.8 Å². The van der Waals surface area contributed by atoms with Gasteiger partial charge < -0.3 is 15.2 Å². The maximum atomic E-state index is 13.6. The topological polar surface area (TPSA) is 134 Å². The molecule has 2 aromatic rings. The van der Waals surface area contributed by atoms with Gasteiger partial charge in [0.15, 0.2) is 5.79 Å². The van der Waals surface area contributed by atoms with Crippen LogP contribution >= 0.6 is 0 Å². The first kappa shape index (κ1) is 27.7. The quantitative estimate of drug-likeness (QED) is 0.511. The van der Waals surface area contributed by atoms with Gasteiger partial charge in [-0.3, -0.25) is 9.52 Å². The standard InChI is InChI=1S/C25H33FN4O5S/c1-6-36(32,33)30-24-28-22(15(2)3)20(23(29-24)16-7-9-17(26)10-8-16)12-11-18-13-19(14-21(27)31)35-25(4,5)34-18/h7-12,15,18-19H,6,13-14H2,1-5H3,(H2,27,31)(H,28,29,30)/b12-11+/t18-,19-/m1/s1. The number of nitrogens with zero attached hydrogens (tertiary/aromatic N) is 2. The number of benzene rings is 1. The van der Waals surface area contributed by atoms with Gasteiger partial charge in [0.2, 0.25) is 21.9 Å². The Bertz CT molecular complexity index is 1230. The number of carbonyl (C=O) groups is 1. The lowest BCUT2D eigenvalue weighted by Crippen LogP contribution is -2.45. The van der Waals surface area contributed by atoms with Crippen LogP contribution < -0.4 is 10.5 Å². The number of carbonyl (C=O) groups excluding carboxylic acids is 1. The van der Waals surface area contributed by atoms with E-state index in [2.05, 4.69) is 14.7 Å². The largest absolute Gasteiger partial charge is 0.370 e. The molecule has 0 bridgehead atoms. The second-order valence-corrected chi connectivity index (χ2v) is 11.4. The van der Waals surface area contributed by atoms with Crippen molar-refractivity contribution in [2.45, 2.75) is 71.4 Å². The van der Waals surface area contributed by atoms with Crippen LogP contribution in [0.25, 0.3) is 17.3 Å². The fourth-order valence-corrected chi connectivity index (χ4v) is 4.51. The van der Waals surface area contributed by atoms with Crippen molar-refractivity contribution in [1.82, 2.24) is 9.97 Å². The molecule has 11 heteroatoms. The maximum Gasteiger partial charge on any atom is 0.237 e. The minimum absolute atomic E-state index is 0.0537. The fraction of sp³-hybridized carbons (Fsp3) is 0.480. The number of primary amides is 1. The molecule has 3 rings (SSSR count). The first-order chi connectivity index (χ1) is 16.8. The van der Waals surface area contributed by atoms with Gasteiger partial charge in [0, 0.05) is 17.5 Å². The van der Waals surface area contributed by atoms with E-state index in [0.717, 1.165) is 0 Å². The Kier molecular flexibility index (Phi) is 8.48. The van der Waals surface area contributed by atoms with E-state index in [1.165, 1.54) is 19.1 Å². The molecule has 2 heterocycles. The smallest absolute Gasteiger partial charge is 0.237 e. The zero-order valence-corrected chi connectivity index (χ0v) is 21.9. The number of aromatic nitrogens is 2. The van der Waals surface area contributed by atoms with Crippen molar-refractivity contribution in [3.05, 3.63) is 47.4 Å². The van der Waals surface area contributed by atoms with Crippen LogP contribution in [0.3, 0.4) is 0 Å². The molecule has 36 heavy (non-hydrogen) atoms. The van der Waals surface area contributed by atoms with E-state index in [0.29, 0.717) is 28.9 Å². The van der Waals surface area contributed by atoms with Gasteiger partial charge in [-0.15, -0.1) is 0 Å². The van der Waals surface area contributed by atoms with Crippen LogP contribution in [0, 0.1) is 5.82 Å². The summed E-state index contributed by atoms with van der Waals surface area (Å²) in [7, 11) is -3.62. The molecule has 3 N–H and O–H groups in total. The summed E-state index contributed by atoms with van der Waals surface area (Å²) in [6.07, 6.45) is 3.36. The summed E-state index contributed by atoms with van der Waals surface area (Å²) in [4.78, 5) is 20.4. The number of halogens is 1. The van der Waals surface area contributed by atoms with E-state index in [1.54, 1.807) is 26.0 Å². The number of ether oxygens (including phenoxy) is 2. The lowest BCUT2D eigenvalue weighted by atomic mass is 9.97. The van der Waals surface area contributed by atoms with Gasteiger partial charge in [0.1, 0.15) is 5.82 Å². The summed E-state index contributed by atoms with van der Waals surface area (Å²) in [5.41, 5.74) is 7.66. The van der Waals surface area contributed by atoms with E-state index in [-0.39, 0.29) is 24.0 Å². The number of nitrogens with two attached hydrogens (primary N) is 1. The lowest BCUT2D eigenvalue weighted by molar-refractivity contribution is -0.289. The number of hydrogen-bond acceptors (Lipinski definition) is 7. The maximum absolute atomic E-state index is 13.6. The molecule has 1 aromatic carbocycles. The zero-order valence-electron chi connectivity index (χ0n) is 21.1. The highest BCUT2D eigenvalue weighted by molar-refractivity contribution is 7.92. The summed E-state index contributed by atoms with van der Waals surface area (Å²) in [5.74, 6) is -2.07. The third kappa shape index (κ3) is 7.31. The lowest BCUT2D eigenvalue weighted by Gasteiger charge is -2.39. The highest BCUT2D eigenvalue weighted by atomic mass is 32.2. The predicted octanol–water partition coefficient (Wildman–Crippen LogP) is 3.97. The molecule has 0 radical (unpaired) electrons. The second kappa shape index (κ2) is 11.0. The molecule has 9 nitrogen and oxygen atoms in total. The van der Waals surface area contributed by atoms with E-state index in [4.69, 9.17) is 15.2 Å². The van der Waals surface area contributed by atoms with E-state index < -0.39 is 39.7 Å². The molecule has 2 atom stereocenters. The molecule has 1 aromatic heterocycles. The molecule has 1 aliphatic heterocycles. The summed E-state index contributed by atoms with van der Waals surface area (Å²) in [5, 5.41) is 0. The Morgan fingerprint density at radius 1 is 1.25 bits per heavy atom. The Hall–Kier alpha value is -2.89. The van der Waals surface area contributed by atoms with Crippen molar-refractivity contribution >= 4 is 28.0 Å². The average Bonchev–Trinajstić information content (AvgIpc) is 2.76. The van der Waals surface area contributed by atoms with E-state index >= 15 is 0 Å². The molecule has 1 saturated heterocycles. The minimum Gasteiger partial charge on any atom is -0.370 e. The summed E-state index contributed by atoms with van der Waals surface area (Å²) >= 11 is 0. The third-order valence-corrected chi connectivity index (χ3v) is 6.81. The number of hydrogen-bond donors (Lipinski definition) is 2. The Morgan fingerprint density at radius 3 is 2.50 bits per heavy atom. The van der Waals surface area contributed by atoms with Crippen LogP contribution in [0.5, 0.6) is 0 Å². The molecule has 0 saturated carbocycles. The van der Waals surface area contributed by atoms with Gasteiger partial charge in [-0.2, -0.15) is 0 Å². The molecule has 1 fully saturated rings. The van der Waals surface area contributed by atoms with E-state index in [9.17, 15) is 17.6 Å². The van der Waals surface area contributed by atoms with Crippen LogP contribution in [0.15, 0.2) is 30.3 Å². The summed E-state index contributed by atoms with van der Waals surface area (Å²) in [6.45, 7) is 8.92. The van der Waals surface area contributed by atoms with Gasteiger partial charge in [0.25, 0.3) is 0 Å². The minimum atomic E-state index is -3.62. The van der Waals surface area contributed by atoms with Crippen molar-refractivity contribution in [1.29, 1.82) is 0 Å². The molecule has 1 amide bonds. The first-order valence-corrected chi connectivity index (χ1v) is 13.4. The van der Waals surface area contributed by atoms with Crippen LogP contribution in [-0.2, 0) is 24.3 Å². The van der Waals surface area contributed by atoms with Crippen molar-refractivity contribution in [2.24, 2.45) is 5.73 Å². The van der Waals surface area contributed by atoms with Crippen LogP contribution in [0.4, 0.5) is 10.3 Å². The van der Waals surface area contributed by atoms with Crippen molar-refractivity contribution in [3.63, 3.8) is 0 Å². The number of anilines is 1. The molecule has 0 spiro atoms. The van der Waals surface area contributed by atoms with Gasteiger partial charge in [-0.25, -0.2) is 22.8 Å². The Balaban J connectivity index is 2.09. The molecule has 196 valence electrons. The van der Waals surface area contributed by atoms with Gasteiger partial charge in [-0.1, -0.05) is 26.0 Å². The fourth-order valence-electron chi connectivity index (χ4n) is 4.00. The first-order valence-electron chi connectivity index (χ1n) is 11.8. The molecular weight excluding hydrogens is 487 g/mol. The van der Waals surface area contributed by atoms with Crippen molar-refractivity contribution < 1.29 is 27.1 Å². The Labute approximate surface area is 211 Å². The highest BCUT2D eigenvalue weighted by Gasteiger charge is 2.35. The zero-order chi connectivity index (χ0) is 26.7. The second-order valence-electron chi connectivity index (χ2n) is 9.42. The van der Waals surface area contributed by atoms with E-state index in [1.807, 2.05) is 26.0 Å². The van der Waals surface area contributed by atoms with Gasteiger partial charge >= 0.3 is 0 Å². The molecular formula is C25H33FN4O5S. The monoisotopic (exact) mass is 520 g/mol. The number of amides is 1. The van der Waals surface area contributed by atoms with Crippen LogP contribution in [0.2, 0.25) is 0 Å². The SMILES string of the molecule is CCS(=O)(=O)Nc1nc(-c2ccc(F)cc2)c(/C=C/[C@@H]2C[C@H](CC(N)=O)OC(C)(C)O2)c(C(C)C)n1. The van der Waals surface area contributed by atoms with Gasteiger partial charge in [-0.05, 0) is 51.0 Å². The number of sulfonamides is 1. The number of rotatable bonds is 9. The highest BCUT2D eigenvalue weighted by Crippen LogP contribution is 2.33. The summed E-state index contributed by atoms with van der Waals surface area (Å²) < 4.78 is 52.3. The van der Waals surface area contributed by atoms with Crippen LogP contribution in [0.1, 0.15) is 64.6 Å². The Morgan fingerprint density at radius 2 is 1.92 bits per heavy atom. The molecule has 0 unspecified atom stereocenters. The normalized spacial score (nSPS) is 20.1. The van der Waals surface area contributed by atoms with Crippen LogP contribution in [-0.4, -0.2) is 48.0 Å². The molecule has 0 aliphatic carbocycles. The predicted molar refractivity (Wildman–Crippen MR) is 136 cm³/mol. The average molecular weight is 521 g/mol. The van der Waals surface area contributed by atoms with Crippen molar-refractivity contribution in [2.75, 3.05) is 10.5 Å². The van der Waals surface area contributed by atoms with Crippen molar-refractivity contribution in [3.8, 4) is 11.3 Å².